The number of nitrogens with zero attached hydrogens (tertiary/aromatic N) is 2. The minimum absolute atomic E-state index is 0.0234. The Labute approximate surface area is 181 Å². The molecule has 2 N–H and O–H groups in total. The van der Waals surface area contributed by atoms with Crippen molar-refractivity contribution in [3.05, 3.63) is 59.4 Å². The van der Waals surface area contributed by atoms with Crippen molar-refractivity contribution >= 4 is 27.0 Å². The summed E-state index contributed by atoms with van der Waals surface area (Å²) in [6, 6.07) is 10.6. The molecule has 7 nitrogen and oxygen atoms in total. The number of rotatable bonds is 5. The van der Waals surface area contributed by atoms with Crippen molar-refractivity contribution in [2.75, 3.05) is 0 Å². The first kappa shape index (κ1) is 20.2. The van der Waals surface area contributed by atoms with E-state index in [4.69, 9.17) is 0 Å². The zero-order valence-corrected chi connectivity index (χ0v) is 18.3. The number of sulfonamides is 1. The van der Waals surface area contributed by atoms with E-state index in [2.05, 4.69) is 15.0 Å². The van der Waals surface area contributed by atoms with Crippen LogP contribution in [0.3, 0.4) is 0 Å². The van der Waals surface area contributed by atoms with Crippen LogP contribution in [0, 0.1) is 0 Å². The Morgan fingerprint density at radius 3 is 2.71 bits per heavy atom. The number of hydrogen-bond donors (Lipinski definition) is 2. The van der Waals surface area contributed by atoms with Gasteiger partial charge in [-0.2, -0.15) is 0 Å². The standard InChI is InChI=1S/C23H26N4O3S/c1-27-14-24-21-12-16(8-11-22(21)27)23(28)25-20-10-7-15-6-9-18(13-19(15)20)31(29,30)26-17-4-2-3-5-17/h6,8-9,11-14,17,20,26H,2-5,7,10H2,1H3,(H,25,28). The van der Waals surface area contributed by atoms with Crippen LogP contribution in [0.25, 0.3) is 11.0 Å². The first-order chi connectivity index (χ1) is 14.9. The van der Waals surface area contributed by atoms with Gasteiger partial charge in [0.2, 0.25) is 10.0 Å². The van der Waals surface area contributed by atoms with Crippen LogP contribution in [0.15, 0.2) is 47.6 Å². The Morgan fingerprint density at radius 1 is 1.10 bits per heavy atom. The Hall–Kier alpha value is -2.71. The van der Waals surface area contributed by atoms with Crippen LogP contribution in [-0.4, -0.2) is 29.9 Å². The summed E-state index contributed by atoms with van der Waals surface area (Å²) < 4.78 is 30.5. The molecule has 1 unspecified atom stereocenters. The fourth-order valence-corrected chi connectivity index (χ4v) is 6.09. The number of carbonyl (C=O) groups is 1. The third-order valence-electron chi connectivity index (χ3n) is 6.48. The highest BCUT2D eigenvalue weighted by Gasteiger charge is 2.28. The van der Waals surface area contributed by atoms with Gasteiger partial charge in [0.1, 0.15) is 0 Å². The van der Waals surface area contributed by atoms with Crippen LogP contribution in [0.1, 0.15) is 59.6 Å². The number of carbonyl (C=O) groups excluding carboxylic acids is 1. The van der Waals surface area contributed by atoms with Gasteiger partial charge in [-0.15, -0.1) is 0 Å². The lowest BCUT2D eigenvalue weighted by Gasteiger charge is -2.17. The van der Waals surface area contributed by atoms with Crippen molar-refractivity contribution in [3.8, 4) is 0 Å². The van der Waals surface area contributed by atoms with E-state index in [9.17, 15) is 13.2 Å². The minimum Gasteiger partial charge on any atom is -0.345 e. The molecule has 0 bridgehead atoms. The van der Waals surface area contributed by atoms with Crippen LogP contribution >= 0.6 is 0 Å². The Kier molecular flexibility index (Phi) is 5.06. The molecule has 2 aliphatic carbocycles. The monoisotopic (exact) mass is 438 g/mol. The molecule has 5 rings (SSSR count). The summed E-state index contributed by atoms with van der Waals surface area (Å²) in [6.45, 7) is 0. The lowest BCUT2D eigenvalue weighted by Crippen LogP contribution is -2.33. The van der Waals surface area contributed by atoms with E-state index in [1.165, 1.54) is 0 Å². The van der Waals surface area contributed by atoms with Crippen molar-refractivity contribution in [1.82, 2.24) is 19.6 Å². The quantitative estimate of drug-likeness (QED) is 0.640. The normalized spacial score (nSPS) is 19.1. The predicted octanol–water partition coefficient (Wildman–Crippen LogP) is 3.21. The predicted molar refractivity (Wildman–Crippen MR) is 118 cm³/mol. The SMILES string of the molecule is Cn1cnc2cc(C(=O)NC3CCc4ccc(S(=O)(=O)NC5CCCC5)cc43)ccc21. The summed E-state index contributed by atoms with van der Waals surface area (Å²) in [5.74, 6) is -0.178. The molecule has 1 amide bonds. The molecule has 3 aromatic rings. The molecular weight excluding hydrogens is 412 g/mol. The maximum atomic E-state index is 12.9. The summed E-state index contributed by atoms with van der Waals surface area (Å²) in [7, 11) is -1.65. The first-order valence-corrected chi connectivity index (χ1v) is 12.3. The number of fused-ring (bicyclic) bond motifs is 2. The molecule has 0 spiro atoms. The topological polar surface area (TPSA) is 93.1 Å². The van der Waals surface area contributed by atoms with Gasteiger partial charge in [-0.05, 0) is 67.1 Å². The summed E-state index contributed by atoms with van der Waals surface area (Å²) in [5.41, 5.74) is 4.26. The summed E-state index contributed by atoms with van der Waals surface area (Å²) in [5, 5.41) is 3.09. The highest BCUT2D eigenvalue weighted by Crippen LogP contribution is 2.33. The van der Waals surface area contributed by atoms with Gasteiger partial charge in [0.05, 0.1) is 28.3 Å². The van der Waals surface area contributed by atoms with Crippen molar-refractivity contribution in [2.24, 2.45) is 7.05 Å². The lowest BCUT2D eigenvalue weighted by molar-refractivity contribution is 0.0937. The zero-order valence-electron chi connectivity index (χ0n) is 17.5. The van der Waals surface area contributed by atoms with E-state index in [1.807, 2.05) is 23.7 Å². The van der Waals surface area contributed by atoms with E-state index in [1.54, 1.807) is 30.6 Å². The third kappa shape index (κ3) is 3.85. The van der Waals surface area contributed by atoms with Crippen molar-refractivity contribution in [3.63, 3.8) is 0 Å². The van der Waals surface area contributed by atoms with E-state index in [0.717, 1.165) is 60.7 Å². The molecule has 2 aliphatic rings. The molecule has 162 valence electrons. The molecule has 2 aromatic carbocycles. The van der Waals surface area contributed by atoms with Gasteiger partial charge in [-0.25, -0.2) is 18.1 Å². The van der Waals surface area contributed by atoms with Crippen LogP contribution in [-0.2, 0) is 23.5 Å². The van der Waals surface area contributed by atoms with E-state index in [-0.39, 0.29) is 22.9 Å². The fraction of sp³-hybridized carbons (Fsp3) is 0.391. The van der Waals surface area contributed by atoms with Crippen LogP contribution < -0.4 is 10.0 Å². The van der Waals surface area contributed by atoms with Gasteiger partial charge in [0, 0.05) is 18.7 Å². The average molecular weight is 439 g/mol. The highest BCUT2D eigenvalue weighted by atomic mass is 32.2. The van der Waals surface area contributed by atoms with E-state index < -0.39 is 10.0 Å². The molecular formula is C23H26N4O3S. The zero-order chi connectivity index (χ0) is 21.6. The third-order valence-corrected chi connectivity index (χ3v) is 7.99. The number of hydrogen-bond acceptors (Lipinski definition) is 4. The maximum Gasteiger partial charge on any atom is 0.251 e. The molecule has 1 saturated carbocycles. The first-order valence-electron chi connectivity index (χ1n) is 10.8. The maximum absolute atomic E-state index is 12.9. The van der Waals surface area contributed by atoms with E-state index in [0.29, 0.717) is 5.56 Å². The Morgan fingerprint density at radius 2 is 1.90 bits per heavy atom. The van der Waals surface area contributed by atoms with Gasteiger partial charge in [0.25, 0.3) is 5.91 Å². The van der Waals surface area contributed by atoms with Gasteiger partial charge < -0.3 is 9.88 Å². The Bertz CT molecular complexity index is 1260. The van der Waals surface area contributed by atoms with Crippen molar-refractivity contribution < 1.29 is 13.2 Å². The number of imidazole rings is 1. The van der Waals surface area contributed by atoms with Gasteiger partial charge >= 0.3 is 0 Å². The van der Waals surface area contributed by atoms with E-state index >= 15 is 0 Å². The number of amides is 1. The number of benzene rings is 2. The molecule has 1 heterocycles. The summed E-state index contributed by atoms with van der Waals surface area (Å²) in [4.78, 5) is 17.5. The molecule has 1 atom stereocenters. The smallest absolute Gasteiger partial charge is 0.251 e. The lowest BCUT2D eigenvalue weighted by atomic mass is 10.1. The molecule has 0 saturated heterocycles. The summed E-state index contributed by atoms with van der Waals surface area (Å²) in [6.07, 6.45) is 7.21. The van der Waals surface area contributed by atoms with Crippen LogP contribution in [0.2, 0.25) is 0 Å². The second kappa shape index (κ2) is 7.76. The Balaban J connectivity index is 1.36. The average Bonchev–Trinajstić information content (AvgIpc) is 3.49. The number of aryl methyl sites for hydroxylation is 2. The van der Waals surface area contributed by atoms with Gasteiger partial charge in [-0.3, -0.25) is 4.79 Å². The van der Waals surface area contributed by atoms with Gasteiger partial charge in [0.15, 0.2) is 0 Å². The summed E-state index contributed by atoms with van der Waals surface area (Å²) >= 11 is 0. The minimum atomic E-state index is -3.56. The molecule has 1 aromatic heterocycles. The highest BCUT2D eigenvalue weighted by molar-refractivity contribution is 7.89. The van der Waals surface area contributed by atoms with Crippen LogP contribution in [0.5, 0.6) is 0 Å². The number of aromatic nitrogens is 2. The fourth-order valence-electron chi connectivity index (χ4n) is 4.75. The molecule has 31 heavy (non-hydrogen) atoms. The molecule has 8 heteroatoms. The molecule has 1 fully saturated rings. The van der Waals surface area contributed by atoms with Crippen molar-refractivity contribution in [2.45, 2.75) is 55.5 Å². The van der Waals surface area contributed by atoms with Gasteiger partial charge in [-0.1, -0.05) is 18.9 Å². The van der Waals surface area contributed by atoms with Crippen molar-refractivity contribution in [1.29, 1.82) is 0 Å². The molecule has 0 radical (unpaired) electrons. The second-order valence-electron chi connectivity index (χ2n) is 8.59. The second-order valence-corrected chi connectivity index (χ2v) is 10.3. The molecule has 0 aliphatic heterocycles. The largest absolute Gasteiger partial charge is 0.345 e. The van der Waals surface area contributed by atoms with Crippen LogP contribution in [0.4, 0.5) is 0 Å². The number of nitrogens with one attached hydrogen (secondary N) is 2.